The third-order valence-electron chi connectivity index (χ3n) is 10.5. The largest absolute Gasteiger partial charge is 0.416 e. The first kappa shape index (κ1) is 59.9. The van der Waals surface area contributed by atoms with Gasteiger partial charge in [0.05, 0.1) is 44.5 Å². The third kappa shape index (κ3) is 14.9. The van der Waals surface area contributed by atoms with Crippen LogP contribution in [0.25, 0.3) is 0 Å². The normalized spacial score (nSPS) is 13.6. The average Bonchev–Trinajstić information content (AvgIpc) is 3.25. The summed E-state index contributed by atoms with van der Waals surface area (Å²) in [5.41, 5.74) is -30.2. The van der Waals surface area contributed by atoms with Gasteiger partial charge in [-0.2, -0.15) is 127 Å². The van der Waals surface area contributed by atoms with E-state index in [0.717, 1.165) is 4.90 Å². The van der Waals surface area contributed by atoms with Crippen LogP contribution in [0.3, 0.4) is 0 Å². The van der Waals surface area contributed by atoms with Crippen LogP contribution in [0.5, 0.6) is 5.75 Å². The van der Waals surface area contributed by atoms with E-state index in [9.17, 15) is 110 Å². The smallest absolute Gasteiger partial charge is 0.287 e. The molecule has 29 heteroatoms. The van der Waals surface area contributed by atoms with E-state index in [1.165, 1.54) is 4.90 Å². The summed E-state index contributed by atoms with van der Waals surface area (Å²) < 4.78 is 358. The highest BCUT2D eigenvalue weighted by atomic mass is 32.3. The molecule has 0 amide bonds. The zero-order valence-corrected chi connectivity index (χ0v) is 38.5. The van der Waals surface area contributed by atoms with E-state index in [0.29, 0.717) is 5.75 Å². The lowest BCUT2D eigenvalue weighted by Gasteiger charge is -2.46. The van der Waals surface area contributed by atoms with Gasteiger partial charge in [0.25, 0.3) is 10.2 Å². The van der Waals surface area contributed by atoms with Crippen molar-refractivity contribution in [2.45, 2.75) is 59.2 Å². The summed E-state index contributed by atoms with van der Waals surface area (Å²) in [7, 11) is -2.21. The standard InChI is InChI=1S/C32H12BF24.C14H15O2S2/c34-25(35,36)13-1-14(26(37,38)39)6-21(5-13)33(22-7-15(27(40,41)42)2-16(8-22)28(43,44)45,23-9-17(29(46,47)48)3-18(10-23)30(49,50)51)24-11-19(31(52,53)54)4-20(12-24)32(55,56)57;1-18(2,15)16-12-8-10-14(11-9-12)17-13-6-4-3-5-7-13/h1-12H;3-11H,1-2H3/q-1;+1. The molecule has 0 atom stereocenters. The molecule has 406 valence electrons. The molecule has 6 aromatic rings. The van der Waals surface area contributed by atoms with E-state index in [-0.39, 0.29) is 0 Å². The molecule has 0 aliphatic carbocycles. The fraction of sp³-hybridized carbons (Fsp3) is 0.217. The van der Waals surface area contributed by atoms with E-state index in [4.69, 9.17) is 4.18 Å². The molecule has 75 heavy (non-hydrogen) atoms. The molecule has 0 aromatic heterocycles. The fourth-order valence-electron chi connectivity index (χ4n) is 7.49. The Balaban J connectivity index is 0.000000483. The van der Waals surface area contributed by atoms with Crippen molar-refractivity contribution >= 4 is 50.0 Å². The third-order valence-corrected chi connectivity index (χ3v) is 12.1. The lowest BCUT2D eigenvalue weighted by molar-refractivity contribution is -0.144. The van der Waals surface area contributed by atoms with E-state index < -0.39 is 205 Å². The summed E-state index contributed by atoms with van der Waals surface area (Å²) in [5.74, 6) is 0.641. The van der Waals surface area contributed by atoms with Gasteiger partial charge < -0.3 is 0 Å². The van der Waals surface area contributed by atoms with Crippen molar-refractivity contribution in [3.63, 3.8) is 0 Å². The van der Waals surface area contributed by atoms with Crippen LogP contribution in [0.15, 0.2) is 137 Å². The van der Waals surface area contributed by atoms with Crippen LogP contribution in [-0.2, 0) is 63.8 Å². The Bertz CT molecular complexity index is 2600. The average molecular weight is 1140 g/mol. The second-order valence-corrected chi connectivity index (χ2v) is 19.9. The lowest BCUT2D eigenvalue weighted by Crippen LogP contribution is -2.75. The minimum Gasteiger partial charge on any atom is -0.287 e. The van der Waals surface area contributed by atoms with E-state index in [1.807, 2.05) is 42.5 Å². The van der Waals surface area contributed by atoms with Crippen molar-refractivity contribution in [2.75, 3.05) is 12.5 Å². The zero-order chi connectivity index (χ0) is 56.9. The lowest BCUT2D eigenvalue weighted by atomic mass is 9.12. The van der Waals surface area contributed by atoms with E-state index in [1.54, 1.807) is 24.3 Å². The predicted molar refractivity (Wildman–Crippen MR) is 228 cm³/mol. The number of hydrogen-bond acceptors (Lipinski definition) is 3. The van der Waals surface area contributed by atoms with Gasteiger partial charge in [0.15, 0.2) is 5.75 Å². The first-order chi connectivity index (χ1) is 33.8. The van der Waals surface area contributed by atoms with Crippen molar-refractivity contribution in [1.82, 2.24) is 0 Å². The highest BCUT2D eigenvalue weighted by molar-refractivity contribution is 7.99. The molecule has 0 saturated carbocycles. The van der Waals surface area contributed by atoms with Crippen LogP contribution in [-0.4, -0.2) is 18.7 Å². The van der Waals surface area contributed by atoms with Gasteiger partial charge in [-0.15, -0.1) is 0 Å². The molecule has 6 rings (SSSR count). The molecule has 0 bridgehead atoms. The van der Waals surface area contributed by atoms with Gasteiger partial charge in [-0.3, -0.25) is 4.18 Å². The van der Waals surface area contributed by atoms with Crippen molar-refractivity contribution in [3.05, 3.63) is 172 Å². The Morgan fingerprint density at radius 1 is 0.333 bits per heavy atom. The van der Waals surface area contributed by atoms with E-state index in [2.05, 4.69) is 12.1 Å². The summed E-state index contributed by atoms with van der Waals surface area (Å²) >= 11 is 1.69. The quantitative estimate of drug-likeness (QED) is 0.0863. The molecular formula is C46H27BF24O2S2. The summed E-state index contributed by atoms with van der Waals surface area (Å²) in [4.78, 5) is 2.33. The number of hydrogen-bond donors (Lipinski definition) is 0. The van der Waals surface area contributed by atoms with Gasteiger partial charge in [-0.1, -0.05) is 82.7 Å². The summed E-state index contributed by atoms with van der Waals surface area (Å²) in [6, 6.07) is 8.99. The SMILES string of the molecule is C[S+](C)(=O)Oc1ccc(Sc2ccccc2)cc1.FC(F)(F)c1cc([B-](c2cc(C(F)(F)F)cc(C(F)(F)F)c2)(c2cc(C(F)(F)F)cc(C(F)(F)F)c2)c2cc(C(F)(F)F)cc(C(F)(F)F)c2)cc(C(F)(F)F)c1. The Hall–Kier alpha value is -6.00. The van der Waals surface area contributed by atoms with Crippen LogP contribution in [0.1, 0.15) is 44.5 Å². The maximum absolute atomic E-state index is 14.2. The number of alkyl halides is 24. The molecule has 0 spiro atoms. The molecule has 0 heterocycles. The summed E-state index contributed by atoms with van der Waals surface area (Å²) in [6.07, 6.45) is -51.6. The van der Waals surface area contributed by atoms with Gasteiger partial charge in [0.1, 0.15) is 18.7 Å². The molecule has 2 nitrogen and oxygen atoms in total. The maximum Gasteiger partial charge on any atom is 0.416 e. The van der Waals surface area contributed by atoms with Gasteiger partial charge in [0.2, 0.25) is 0 Å². The molecule has 0 aliphatic heterocycles. The molecular weight excluding hydrogens is 1120 g/mol. The second-order valence-electron chi connectivity index (χ2n) is 16.3. The van der Waals surface area contributed by atoms with Crippen molar-refractivity contribution < 1.29 is 114 Å². The van der Waals surface area contributed by atoms with Crippen molar-refractivity contribution in [1.29, 1.82) is 0 Å². The summed E-state index contributed by atoms with van der Waals surface area (Å²) in [6.45, 7) is 0. The maximum atomic E-state index is 14.2. The Labute approximate surface area is 412 Å². The number of rotatable bonds is 8. The molecule has 0 N–H and O–H groups in total. The molecule has 0 aliphatic rings. The van der Waals surface area contributed by atoms with Crippen molar-refractivity contribution in [3.8, 4) is 5.75 Å². The Kier molecular flexibility index (Phi) is 16.4. The zero-order valence-electron chi connectivity index (χ0n) is 36.9. The van der Waals surface area contributed by atoms with Gasteiger partial charge in [-0.25, -0.2) is 0 Å². The molecule has 0 unspecified atom stereocenters. The van der Waals surface area contributed by atoms with Gasteiger partial charge >= 0.3 is 49.4 Å². The number of halogens is 24. The Morgan fingerprint density at radius 3 is 0.747 bits per heavy atom. The van der Waals surface area contributed by atoms with Crippen molar-refractivity contribution in [2.24, 2.45) is 0 Å². The van der Waals surface area contributed by atoms with Crippen LogP contribution in [0.2, 0.25) is 0 Å². The van der Waals surface area contributed by atoms with Gasteiger partial charge in [-0.05, 0) is 60.7 Å². The van der Waals surface area contributed by atoms with Crippen LogP contribution >= 0.6 is 11.8 Å². The first-order valence-corrected chi connectivity index (χ1v) is 23.2. The topological polar surface area (TPSA) is 26.3 Å². The van der Waals surface area contributed by atoms with Crippen LogP contribution in [0, 0.1) is 0 Å². The summed E-state index contributed by atoms with van der Waals surface area (Å²) in [5, 5.41) is 0. The van der Waals surface area contributed by atoms with Crippen LogP contribution in [0.4, 0.5) is 105 Å². The molecule has 0 fully saturated rings. The monoisotopic (exact) mass is 1140 g/mol. The van der Waals surface area contributed by atoms with Crippen LogP contribution < -0.4 is 26.0 Å². The highest BCUT2D eigenvalue weighted by Crippen LogP contribution is 2.42. The predicted octanol–water partition coefficient (Wildman–Crippen LogP) is 15.1. The van der Waals surface area contributed by atoms with Gasteiger partial charge in [0, 0.05) is 9.79 Å². The fourth-order valence-corrected chi connectivity index (χ4v) is 8.90. The minimum atomic E-state index is -6.13. The highest BCUT2D eigenvalue weighted by Gasteiger charge is 2.47. The Morgan fingerprint density at radius 2 is 0.547 bits per heavy atom. The number of benzene rings is 6. The minimum absolute atomic E-state index is 0.641. The molecule has 6 aromatic carbocycles. The molecule has 0 radical (unpaired) electrons. The first-order valence-electron chi connectivity index (χ1n) is 20.1. The molecule has 0 saturated heterocycles. The second kappa shape index (κ2) is 20.5. The van der Waals surface area contributed by atoms with E-state index >= 15 is 0 Å².